The van der Waals surface area contributed by atoms with Crippen LogP contribution in [0.15, 0.2) is 0 Å². The van der Waals surface area contributed by atoms with Gasteiger partial charge in [-0.3, -0.25) is 4.21 Å². The summed E-state index contributed by atoms with van der Waals surface area (Å²) >= 11 is 0. The molecule has 0 saturated carbocycles. The Labute approximate surface area is 280 Å². The second-order valence-corrected chi connectivity index (χ2v) is 16.7. The van der Waals surface area contributed by atoms with E-state index in [-0.39, 0.29) is 22.7 Å². The van der Waals surface area contributed by atoms with Gasteiger partial charge in [0.1, 0.15) is 0 Å². The molecular formula is C40H82O3S. The zero-order valence-corrected chi connectivity index (χ0v) is 31.5. The fourth-order valence-corrected chi connectivity index (χ4v) is 8.10. The molecule has 0 bridgehead atoms. The molecule has 0 heterocycles. The van der Waals surface area contributed by atoms with Gasteiger partial charge in [0.15, 0.2) is 0 Å². The van der Waals surface area contributed by atoms with Crippen LogP contribution in [0.1, 0.15) is 233 Å². The van der Waals surface area contributed by atoms with Gasteiger partial charge in [0.2, 0.25) is 0 Å². The number of aliphatic hydroxyl groups is 2. The monoisotopic (exact) mass is 643 g/mol. The molecule has 4 atom stereocenters. The topological polar surface area (TPSA) is 57.5 Å². The minimum atomic E-state index is -0.898. The highest BCUT2D eigenvalue weighted by Gasteiger charge is 2.20. The van der Waals surface area contributed by atoms with E-state index in [1.54, 1.807) is 0 Å². The maximum atomic E-state index is 13.0. The van der Waals surface area contributed by atoms with Crippen molar-refractivity contribution >= 4 is 10.8 Å². The number of hydrogen-bond acceptors (Lipinski definition) is 3. The lowest BCUT2D eigenvalue weighted by molar-refractivity contribution is 0.147. The third-order valence-corrected chi connectivity index (χ3v) is 11.9. The lowest BCUT2D eigenvalue weighted by atomic mass is 10.0. The van der Waals surface area contributed by atoms with Crippen LogP contribution < -0.4 is 0 Å². The van der Waals surface area contributed by atoms with Crippen molar-refractivity contribution < 1.29 is 14.4 Å². The quantitative estimate of drug-likeness (QED) is 0.0669. The second kappa shape index (κ2) is 34.4. The van der Waals surface area contributed by atoms with Crippen LogP contribution in [-0.2, 0) is 10.8 Å². The highest BCUT2D eigenvalue weighted by Crippen LogP contribution is 2.20. The molecule has 3 nitrogen and oxygen atoms in total. The first-order chi connectivity index (χ1) is 21.4. The Kier molecular flexibility index (Phi) is 34.5. The maximum absolute atomic E-state index is 13.0. The van der Waals surface area contributed by atoms with Crippen molar-refractivity contribution in [3.05, 3.63) is 0 Å². The summed E-state index contributed by atoms with van der Waals surface area (Å²) in [5.41, 5.74) is 0. The first kappa shape index (κ1) is 44.1. The molecule has 0 amide bonds. The van der Waals surface area contributed by atoms with E-state index in [4.69, 9.17) is 0 Å². The van der Waals surface area contributed by atoms with Gasteiger partial charge in [-0.25, -0.2) is 0 Å². The third-order valence-electron chi connectivity index (χ3n) is 9.89. The molecule has 4 heteroatoms. The van der Waals surface area contributed by atoms with E-state index in [2.05, 4.69) is 27.7 Å². The first-order valence-electron chi connectivity index (χ1n) is 20.2. The van der Waals surface area contributed by atoms with Crippen molar-refractivity contribution in [2.75, 3.05) is 0 Å². The average Bonchev–Trinajstić information content (AvgIpc) is 3.02. The van der Waals surface area contributed by atoms with Crippen molar-refractivity contribution in [1.82, 2.24) is 0 Å². The summed E-state index contributed by atoms with van der Waals surface area (Å²) < 4.78 is 13.0. The largest absolute Gasteiger partial charge is 0.393 e. The van der Waals surface area contributed by atoms with Crippen LogP contribution in [0.5, 0.6) is 0 Å². The summed E-state index contributed by atoms with van der Waals surface area (Å²) in [6.07, 6.45) is 39.6. The van der Waals surface area contributed by atoms with Crippen LogP contribution in [0.25, 0.3) is 0 Å². The molecular weight excluding hydrogens is 561 g/mol. The fraction of sp³-hybridized carbons (Fsp3) is 1.00. The molecule has 0 aromatic carbocycles. The predicted octanol–water partition coefficient (Wildman–Crippen LogP) is 12.8. The molecule has 0 aromatic heterocycles. The Hall–Kier alpha value is 0.0700. The summed E-state index contributed by atoms with van der Waals surface area (Å²) in [5.74, 6) is 0. The summed E-state index contributed by atoms with van der Waals surface area (Å²) in [6.45, 7) is 8.72. The molecule has 0 rings (SSSR count). The van der Waals surface area contributed by atoms with Crippen LogP contribution in [0.2, 0.25) is 0 Å². The van der Waals surface area contributed by atoms with E-state index in [9.17, 15) is 14.4 Å². The third kappa shape index (κ3) is 30.7. The summed E-state index contributed by atoms with van der Waals surface area (Å²) in [6, 6.07) is 0. The molecule has 0 aromatic rings. The maximum Gasteiger partial charge on any atom is 0.0540 e. The summed E-state index contributed by atoms with van der Waals surface area (Å²) in [4.78, 5) is 0. The van der Waals surface area contributed by atoms with Gasteiger partial charge in [-0.1, -0.05) is 195 Å². The fourth-order valence-electron chi connectivity index (χ4n) is 6.57. The minimum absolute atomic E-state index is 0.115. The van der Waals surface area contributed by atoms with E-state index in [0.717, 1.165) is 51.4 Å². The number of aliphatic hydroxyl groups excluding tert-OH is 2. The van der Waals surface area contributed by atoms with Crippen molar-refractivity contribution in [3.8, 4) is 0 Å². The van der Waals surface area contributed by atoms with Gasteiger partial charge in [0, 0.05) is 21.3 Å². The van der Waals surface area contributed by atoms with Gasteiger partial charge in [0.25, 0.3) is 0 Å². The Balaban J connectivity index is 3.63. The Morgan fingerprint density at radius 3 is 0.841 bits per heavy atom. The highest BCUT2D eigenvalue weighted by molar-refractivity contribution is 7.86. The van der Waals surface area contributed by atoms with Crippen molar-refractivity contribution in [2.45, 2.75) is 256 Å². The van der Waals surface area contributed by atoms with Crippen LogP contribution >= 0.6 is 0 Å². The van der Waals surface area contributed by atoms with E-state index >= 15 is 0 Å². The molecule has 2 N–H and O–H groups in total. The van der Waals surface area contributed by atoms with Crippen molar-refractivity contribution in [1.29, 1.82) is 0 Å². The molecule has 4 unspecified atom stereocenters. The van der Waals surface area contributed by atoms with Gasteiger partial charge < -0.3 is 10.2 Å². The van der Waals surface area contributed by atoms with Crippen LogP contribution in [0.3, 0.4) is 0 Å². The van der Waals surface area contributed by atoms with E-state index in [1.807, 2.05) is 0 Å². The zero-order valence-electron chi connectivity index (χ0n) is 30.6. The van der Waals surface area contributed by atoms with Crippen molar-refractivity contribution in [2.24, 2.45) is 0 Å². The molecule has 44 heavy (non-hydrogen) atoms. The van der Waals surface area contributed by atoms with E-state index < -0.39 is 10.8 Å². The summed E-state index contributed by atoms with van der Waals surface area (Å²) in [7, 11) is -0.898. The second-order valence-electron chi connectivity index (χ2n) is 14.5. The Morgan fingerprint density at radius 1 is 0.364 bits per heavy atom. The number of rotatable bonds is 36. The standard InChI is InChI=1S/C40H82O3S/c1-5-7-9-11-13-15-17-19-21-23-25-27-29-31-39(41)35-33-37(3)44(43)38(4)34-36-40(42)32-30-28-26-24-22-20-18-16-14-12-10-8-6-2/h37-42H,5-36H2,1-4H3. The SMILES string of the molecule is CCCCCCCCCCCCCCCC(O)CCC(C)S(=O)C(C)CCC(O)CCCCCCCCCCCCCCC. The van der Waals surface area contributed by atoms with Crippen LogP contribution in [-0.4, -0.2) is 37.1 Å². The molecule has 0 fully saturated rings. The van der Waals surface area contributed by atoms with Gasteiger partial charge >= 0.3 is 0 Å². The van der Waals surface area contributed by atoms with Gasteiger partial charge in [0.05, 0.1) is 12.2 Å². The molecule has 0 spiro atoms. The van der Waals surface area contributed by atoms with E-state index in [1.165, 1.54) is 154 Å². The van der Waals surface area contributed by atoms with Gasteiger partial charge in [-0.05, 0) is 38.5 Å². The number of hydrogen-bond donors (Lipinski definition) is 2. The molecule has 0 saturated heterocycles. The summed E-state index contributed by atoms with van der Waals surface area (Å²) in [5, 5.41) is 21.1. The Bertz CT molecular complexity index is 535. The first-order valence-corrected chi connectivity index (χ1v) is 21.4. The molecule has 0 aliphatic carbocycles. The Morgan fingerprint density at radius 2 is 0.591 bits per heavy atom. The van der Waals surface area contributed by atoms with Gasteiger partial charge in [-0.2, -0.15) is 0 Å². The van der Waals surface area contributed by atoms with Crippen LogP contribution in [0.4, 0.5) is 0 Å². The highest BCUT2D eigenvalue weighted by atomic mass is 32.2. The van der Waals surface area contributed by atoms with Crippen molar-refractivity contribution in [3.63, 3.8) is 0 Å². The average molecular weight is 643 g/mol. The predicted molar refractivity (Wildman–Crippen MR) is 198 cm³/mol. The number of unbranched alkanes of at least 4 members (excludes halogenated alkanes) is 24. The zero-order chi connectivity index (χ0) is 32.5. The van der Waals surface area contributed by atoms with Gasteiger partial charge in [-0.15, -0.1) is 0 Å². The molecule has 0 aliphatic rings. The molecule has 0 aliphatic heterocycles. The molecule has 0 radical (unpaired) electrons. The minimum Gasteiger partial charge on any atom is -0.393 e. The lowest BCUT2D eigenvalue weighted by Crippen LogP contribution is -2.24. The smallest absolute Gasteiger partial charge is 0.0540 e. The molecule has 266 valence electrons. The van der Waals surface area contributed by atoms with Crippen LogP contribution in [0, 0.1) is 0 Å². The normalized spacial score (nSPS) is 15.3. The van der Waals surface area contributed by atoms with E-state index in [0.29, 0.717) is 0 Å². The lowest BCUT2D eigenvalue weighted by Gasteiger charge is -2.20.